The van der Waals surface area contributed by atoms with Crippen LogP contribution in [-0.4, -0.2) is 106 Å². The summed E-state index contributed by atoms with van der Waals surface area (Å²) in [5.74, 6) is -1.76. The van der Waals surface area contributed by atoms with Crippen LogP contribution in [0.25, 0.3) is 0 Å². The van der Waals surface area contributed by atoms with Crippen LogP contribution in [0.4, 0.5) is 11.4 Å². The van der Waals surface area contributed by atoms with Gasteiger partial charge >= 0.3 is 0 Å². The fourth-order valence-electron chi connectivity index (χ4n) is 2.92. The molecule has 0 bridgehead atoms. The number of halogens is 3. The molecule has 1 aromatic carbocycles. The van der Waals surface area contributed by atoms with E-state index in [0.717, 1.165) is 9.80 Å². The van der Waals surface area contributed by atoms with Gasteiger partial charge in [0.05, 0.1) is 44.9 Å². The lowest BCUT2D eigenvalue weighted by Gasteiger charge is -2.33. The van der Waals surface area contributed by atoms with Crippen LogP contribution in [0.1, 0.15) is 5.56 Å². The van der Waals surface area contributed by atoms with E-state index in [1.165, 1.54) is 0 Å². The Balaban J connectivity index is 3.94. The van der Waals surface area contributed by atoms with Gasteiger partial charge in [-0.15, -0.1) is 0 Å². The molecule has 0 fully saturated rings. The smallest absolute Gasteiger partial charge is 0.258 e. The number of anilines is 2. The molecule has 0 radical (unpaired) electrons. The molecular weight excluding hydrogens is 769 g/mol. The van der Waals surface area contributed by atoms with Crippen molar-refractivity contribution in [2.75, 3.05) is 55.9 Å². The number of hydrogen-bond acceptors (Lipinski definition) is 9. The largest absolute Gasteiger partial charge is 0.396 e. The molecule has 0 aromatic heterocycles. The van der Waals surface area contributed by atoms with E-state index >= 15 is 0 Å². The average molecular weight is 794 g/mol. The van der Waals surface area contributed by atoms with Gasteiger partial charge in [-0.05, 0) is 79.8 Å². The van der Waals surface area contributed by atoms with Crippen molar-refractivity contribution in [3.63, 3.8) is 0 Å². The van der Waals surface area contributed by atoms with Gasteiger partial charge in [-0.1, -0.05) is 0 Å². The van der Waals surface area contributed by atoms with Crippen LogP contribution in [0.3, 0.4) is 0 Å². The Hall–Kier alpha value is 0.0700. The second kappa shape index (κ2) is 14.5. The highest BCUT2D eigenvalue weighted by Gasteiger charge is 2.34. The van der Waals surface area contributed by atoms with Crippen molar-refractivity contribution < 1.29 is 45.3 Å². The summed E-state index contributed by atoms with van der Waals surface area (Å²) in [5, 5.41) is 67.0. The number of amides is 2. The number of rotatable bonds is 12. The topological polar surface area (TPSA) is 182 Å². The maximum atomic E-state index is 12.8. The molecule has 1 rings (SSSR count). The number of nitrogens with zero attached hydrogens (tertiary/aromatic N) is 2. The summed E-state index contributed by atoms with van der Waals surface area (Å²) in [6.45, 7) is -3.35. The minimum Gasteiger partial charge on any atom is -0.396 e. The van der Waals surface area contributed by atoms with Crippen LogP contribution in [-0.2, 0) is 16.0 Å². The van der Waals surface area contributed by atoms with E-state index in [0.29, 0.717) is 16.3 Å². The molecular formula is C18H25I3N2O9. The van der Waals surface area contributed by atoms with Crippen molar-refractivity contribution in [1.29, 1.82) is 0 Å². The molecule has 0 aliphatic carbocycles. The predicted octanol–water partition coefficient (Wildman–Crippen LogP) is -1.61. The summed E-state index contributed by atoms with van der Waals surface area (Å²) in [6.07, 6.45) is -3.39. The summed E-state index contributed by atoms with van der Waals surface area (Å²) in [5.41, 5.74) is 0.963. The molecule has 0 spiro atoms. The van der Waals surface area contributed by atoms with Crippen LogP contribution in [0.15, 0.2) is 0 Å². The normalized spacial score (nSPS) is 13.1. The lowest BCUT2D eigenvalue weighted by atomic mass is 10.1. The maximum Gasteiger partial charge on any atom is 0.258 e. The van der Waals surface area contributed by atoms with Crippen LogP contribution in [0.5, 0.6) is 0 Å². The van der Waals surface area contributed by atoms with E-state index in [4.69, 9.17) is 0 Å². The Morgan fingerprint density at radius 2 is 1.12 bits per heavy atom. The molecule has 0 saturated carbocycles. The van der Waals surface area contributed by atoms with E-state index in [1.54, 1.807) is 0 Å². The fourth-order valence-corrected chi connectivity index (χ4v) is 6.28. The van der Waals surface area contributed by atoms with Gasteiger partial charge in [-0.3, -0.25) is 9.59 Å². The Kier molecular flexibility index (Phi) is 13.6. The number of hydrogen-bond donors (Lipinski definition) is 7. The monoisotopic (exact) mass is 794 g/mol. The zero-order chi connectivity index (χ0) is 24.6. The summed E-state index contributed by atoms with van der Waals surface area (Å²) in [4.78, 5) is 27.7. The summed E-state index contributed by atoms with van der Waals surface area (Å²) >= 11 is 5.80. The molecule has 0 aliphatic rings. The van der Waals surface area contributed by atoms with Crippen molar-refractivity contribution in [3.05, 3.63) is 16.3 Å². The van der Waals surface area contributed by atoms with Gasteiger partial charge in [0.15, 0.2) is 12.2 Å². The Morgan fingerprint density at radius 1 is 0.688 bits per heavy atom. The number of benzene rings is 1. The molecule has 2 atom stereocenters. The Morgan fingerprint density at radius 3 is 1.50 bits per heavy atom. The molecule has 2 unspecified atom stereocenters. The Labute approximate surface area is 225 Å². The molecule has 32 heavy (non-hydrogen) atoms. The van der Waals surface area contributed by atoms with Crippen molar-refractivity contribution >= 4 is 91.0 Å². The minimum absolute atomic E-state index is 0.109. The van der Waals surface area contributed by atoms with Crippen molar-refractivity contribution in [3.8, 4) is 0 Å². The summed E-state index contributed by atoms with van der Waals surface area (Å²) < 4.78 is 1.41. The molecule has 11 nitrogen and oxygen atoms in total. The number of carbonyl (C=O) groups excluding carboxylic acids is 2. The molecule has 182 valence electrons. The van der Waals surface area contributed by atoms with Gasteiger partial charge in [0.2, 0.25) is 0 Å². The molecule has 0 saturated heterocycles. The molecule has 1 aromatic rings. The number of aliphatic hydroxyl groups is 7. The van der Waals surface area contributed by atoms with Gasteiger partial charge in [0.25, 0.3) is 11.8 Å². The minimum atomic E-state index is -1.76. The molecule has 2 amide bonds. The van der Waals surface area contributed by atoms with Gasteiger partial charge in [0.1, 0.15) is 0 Å². The van der Waals surface area contributed by atoms with Gasteiger partial charge in [-0.2, -0.15) is 0 Å². The number of carbonyl (C=O) groups is 2. The summed E-state index contributed by atoms with van der Waals surface area (Å²) in [7, 11) is 0. The van der Waals surface area contributed by atoms with E-state index in [1.807, 2.05) is 67.8 Å². The van der Waals surface area contributed by atoms with Gasteiger partial charge in [-0.25, -0.2) is 0 Å². The first kappa shape index (κ1) is 30.1. The highest BCUT2D eigenvalue weighted by atomic mass is 127. The highest BCUT2D eigenvalue weighted by Crippen LogP contribution is 2.43. The summed E-state index contributed by atoms with van der Waals surface area (Å²) in [6, 6.07) is 0. The SMILES string of the molecule is O=C(C(O)CO)N(CCO)c1c(I)c(I)c(CCO)c(N(CCO)C(=O)C(O)CO)c1I. The first-order chi connectivity index (χ1) is 15.1. The van der Waals surface area contributed by atoms with E-state index in [9.17, 15) is 45.3 Å². The van der Waals surface area contributed by atoms with Crippen LogP contribution in [0, 0.1) is 10.7 Å². The maximum absolute atomic E-state index is 12.8. The zero-order valence-corrected chi connectivity index (χ0v) is 23.3. The third kappa shape index (κ3) is 6.81. The fraction of sp³-hybridized carbons (Fsp3) is 0.556. The molecule has 0 heterocycles. The second-order valence-electron chi connectivity index (χ2n) is 6.42. The molecule has 14 heteroatoms. The first-order valence-electron chi connectivity index (χ1n) is 9.35. The van der Waals surface area contributed by atoms with E-state index in [2.05, 4.69) is 0 Å². The van der Waals surface area contributed by atoms with Gasteiger partial charge < -0.3 is 45.5 Å². The third-order valence-electron chi connectivity index (χ3n) is 4.36. The zero-order valence-electron chi connectivity index (χ0n) is 16.8. The van der Waals surface area contributed by atoms with E-state index < -0.39 is 50.4 Å². The van der Waals surface area contributed by atoms with Crippen molar-refractivity contribution in [2.45, 2.75) is 18.6 Å². The molecule has 7 N–H and O–H groups in total. The van der Waals surface area contributed by atoms with E-state index in [-0.39, 0.29) is 37.5 Å². The van der Waals surface area contributed by atoms with Crippen LogP contribution < -0.4 is 9.80 Å². The first-order valence-corrected chi connectivity index (χ1v) is 12.6. The van der Waals surface area contributed by atoms with Crippen molar-refractivity contribution in [1.82, 2.24) is 0 Å². The lowest BCUT2D eigenvalue weighted by Crippen LogP contribution is -2.45. The van der Waals surface area contributed by atoms with Crippen molar-refractivity contribution in [2.24, 2.45) is 0 Å². The second-order valence-corrected chi connectivity index (χ2v) is 9.65. The third-order valence-corrected chi connectivity index (χ3v) is 8.66. The van der Waals surface area contributed by atoms with Crippen LogP contribution in [0.2, 0.25) is 0 Å². The number of aliphatic hydroxyl groups excluding tert-OH is 7. The highest BCUT2D eigenvalue weighted by molar-refractivity contribution is 14.1. The van der Waals surface area contributed by atoms with Gasteiger partial charge in [0, 0.05) is 23.3 Å². The predicted molar refractivity (Wildman–Crippen MR) is 140 cm³/mol. The Bertz CT molecular complexity index is 813. The molecule has 0 aliphatic heterocycles. The quantitative estimate of drug-likeness (QED) is 0.0969. The van der Waals surface area contributed by atoms with Crippen LogP contribution >= 0.6 is 67.8 Å². The average Bonchev–Trinajstić information content (AvgIpc) is 2.79. The standard InChI is InChI=1S/C18H25I3N2O9/c19-12-9(1-4-24)15(22(2-5-25)17(31)10(29)7-27)14(21)16(13(12)20)23(3-6-26)18(32)11(30)8-28/h10-11,24-30H,1-8H2. The lowest BCUT2D eigenvalue weighted by molar-refractivity contribution is -0.129.